The number of benzene rings is 1. The van der Waals surface area contributed by atoms with Gasteiger partial charge in [-0.3, -0.25) is 4.79 Å². The molecule has 6 nitrogen and oxygen atoms in total. The molecule has 0 aliphatic rings. The van der Waals surface area contributed by atoms with Gasteiger partial charge >= 0.3 is 5.63 Å². The number of halogens is 1. The van der Waals surface area contributed by atoms with Crippen molar-refractivity contribution >= 4 is 28.9 Å². The Morgan fingerprint density at radius 1 is 1.23 bits per heavy atom. The summed E-state index contributed by atoms with van der Waals surface area (Å²) < 4.78 is 10.7. The lowest BCUT2D eigenvalue weighted by Gasteiger charge is -2.09. The van der Waals surface area contributed by atoms with Gasteiger partial charge in [-0.15, -0.1) is 10.2 Å². The van der Waals surface area contributed by atoms with Crippen LogP contribution in [0, 0.1) is 6.92 Å². The van der Waals surface area contributed by atoms with E-state index in [0.29, 0.717) is 17.2 Å². The van der Waals surface area contributed by atoms with E-state index in [1.165, 1.54) is 18.2 Å². The molecule has 0 saturated carbocycles. The smallest absolute Gasteiger partial charge is 0.336 e. The molecule has 0 amide bonds. The Kier molecular flexibility index (Phi) is 3.60. The number of ether oxygens (including phenoxy) is 1. The van der Waals surface area contributed by atoms with E-state index in [1.807, 2.05) is 0 Å². The average Bonchev–Trinajstić information content (AvgIpc) is 2.49. The van der Waals surface area contributed by atoms with Gasteiger partial charge in [-0.1, -0.05) is 11.6 Å². The van der Waals surface area contributed by atoms with Crippen molar-refractivity contribution in [2.24, 2.45) is 0 Å². The highest BCUT2D eigenvalue weighted by Crippen LogP contribution is 2.30. The number of hydrogen-bond acceptors (Lipinski definition) is 6. The van der Waals surface area contributed by atoms with E-state index < -0.39 is 5.63 Å². The Balaban J connectivity index is 2.16. The predicted octanol–water partition coefficient (Wildman–Crippen LogP) is 3.15. The van der Waals surface area contributed by atoms with Crippen molar-refractivity contribution in [2.75, 3.05) is 0 Å². The first kappa shape index (κ1) is 14.2. The minimum absolute atomic E-state index is 0.134. The Morgan fingerprint density at radius 3 is 2.73 bits per heavy atom. The molecule has 0 N–H and O–H groups in total. The summed E-state index contributed by atoms with van der Waals surface area (Å²) in [5.74, 6) is 0.384. The molecule has 0 fully saturated rings. The first-order valence-electron chi connectivity index (χ1n) is 6.28. The van der Waals surface area contributed by atoms with Gasteiger partial charge < -0.3 is 9.15 Å². The fourth-order valence-corrected chi connectivity index (χ4v) is 2.16. The lowest BCUT2D eigenvalue weighted by Crippen LogP contribution is -2.01. The lowest BCUT2D eigenvalue weighted by molar-refractivity contribution is 0.112. The zero-order chi connectivity index (χ0) is 15.7. The SMILES string of the molecule is Cc1cc(=O)oc2c(C=O)c(Oc3ccc(Cl)nn3)ccc12. The maximum atomic E-state index is 11.5. The summed E-state index contributed by atoms with van der Waals surface area (Å²) in [6.07, 6.45) is 0.573. The van der Waals surface area contributed by atoms with Gasteiger partial charge in [0.2, 0.25) is 5.88 Å². The monoisotopic (exact) mass is 316 g/mol. The molecule has 0 bridgehead atoms. The van der Waals surface area contributed by atoms with Gasteiger partial charge in [0, 0.05) is 17.5 Å². The third-order valence-corrected chi connectivity index (χ3v) is 3.26. The number of carbonyl (C=O) groups is 1. The summed E-state index contributed by atoms with van der Waals surface area (Å²) in [7, 11) is 0. The van der Waals surface area contributed by atoms with Crippen molar-refractivity contribution in [3.8, 4) is 11.6 Å². The van der Waals surface area contributed by atoms with Crippen LogP contribution in [-0.2, 0) is 0 Å². The molecule has 22 heavy (non-hydrogen) atoms. The minimum Gasteiger partial charge on any atom is -0.437 e. The third-order valence-electron chi connectivity index (χ3n) is 3.06. The molecule has 0 saturated heterocycles. The summed E-state index contributed by atoms with van der Waals surface area (Å²) in [6, 6.07) is 7.70. The molecular weight excluding hydrogens is 308 g/mol. The van der Waals surface area contributed by atoms with E-state index in [2.05, 4.69) is 10.2 Å². The largest absolute Gasteiger partial charge is 0.437 e. The number of aldehydes is 1. The van der Waals surface area contributed by atoms with Crippen LogP contribution in [-0.4, -0.2) is 16.5 Å². The lowest BCUT2D eigenvalue weighted by atomic mass is 10.1. The van der Waals surface area contributed by atoms with E-state index in [9.17, 15) is 9.59 Å². The molecule has 1 aromatic carbocycles. The summed E-state index contributed by atoms with van der Waals surface area (Å²) in [5.41, 5.74) is 0.498. The van der Waals surface area contributed by atoms with Crippen LogP contribution < -0.4 is 10.4 Å². The number of aromatic nitrogens is 2. The van der Waals surface area contributed by atoms with Gasteiger partial charge in [-0.25, -0.2) is 4.79 Å². The Labute approximate surface area is 129 Å². The molecule has 3 aromatic rings. The quantitative estimate of drug-likeness (QED) is 0.545. The predicted molar refractivity (Wildman–Crippen MR) is 79.7 cm³/mol. The fraction of sp³-hybridized carbons (Fsp3) is 0.0667. The summed E-state index contributed by atoms with van der Waals surface area (Å²) in [4.78, 5) is 22.9. The van der Waals surface area contributed by atoms with E-state index in [4.69, 9.17) is 20.8 Å². The Morgan fingerprint density at radius 2 is 2.05 bits per heavy atom. The maximum Gasteiger partial charge on any atom is 0.336 e. The van der Waals surface area contributed by atoms with Crippen LogP contribution in [0.2, 0.25) is 5.15 Å². The van der Waals surface area contributed by atoms with E-state index in [1.54, 1.807) is 19.1 Å². The molecule has 2 aromatic heterocycles. The average molecular weight is 317 g/mol. The Hall–Kier alpha value is -2.73. The zero-order valence-corrected chi connectivity index (χ0v) is 12.1. The summed E-state index contributed by atoms with van der Waals surface area (Å²) in [5, 5.41) is 8.29. The second-order valence-electron chi connectivity index (χ2n) is 4.52. The molecule has 7 heteroatoms. The molecule has 3 rings (SSSR count). The highest BCUT2D eigenvalue weighted by Gasteiger charge is 2.14. The maximum absolute atomic E-state index is 11.5. The highest BCUT2D eigenvalue weighted by atomic mass is 35.5. The van der Waals surface area contributed by atoms with Crippen LogP contribution in [0.1, 0.15) is 15.9 Å². The van der Waals surface area contributed by atoms with E-state index >= 15 is 0 Å². The zero-order valence-electron chi connectivity index (χ0n) is 11.4. The van der Waals surface area contributed by atoms with Crippen molar-refractivity contribution in [1.82, 2.24) is 10.2 Å². The second-order valence-corrected chi connectivity index (χ2v) is 4.90. The van der Waals surface area contributed by atoms with Gasteiger partial charge in [0.05, 0.1) is 0 Å². The summed E-state index contributed by atoms with van der Waals surface area (Å²) in [6.45, 7) is 1.76. The normalized spacial score (nSPS) is 10.6. The van der Waals surface area contributed by atoms with Gasteiger partial charge in [0.1, 0.15) is 11.3 Å². The molecule has 0 atom stereocenters. The van der Waals surface area contributed by atoms with Crippen molar-refractivity contribution in [3.63, 3.8) is 0 Å². The van der Waals surface area contributed by atoms with Crippen molar-refractivity contribution in [3.05, 3.63) is 57.0 Å². The minimum atomic E-state index is -0.531. The fourth-order valence-electron chi connectivity index (χ4n) is 2.06. The van der Waals surface area contributed by atoms with Crippen LogP contribution in [0.4, 0.5) is 0 Å². The molecule has 0 unspecified atom stereocenters. The molecule has 0 aliphatic heterocycles. The van der Waals surface area contributed by atoms with Crippen molar-refractivity contribution in [2.45, 2.75) is 6.92 Å². The first-order chi connectivity index (χ1) is 10.6. The van der Waals surface area contributed by atoms with Gasteiger partial charge in [-0.05, 0) is 30.7 Å². The number of fused-ring (bicyclic) bond motifs is 1. The molecule has 110 valence electrons. The van der Waals surface area contributed by atoms with Crippen LogP contribution in [0.3, 0.4) is 0 Å². The van der Waals surface area contributed by atoms with Gasteiger partial charge in [0.25, 0.3) is 0 Å². The number of carbonyl (C=O) groups excluding carboxylic acids is 1. The molecule has 0 aliphatic carbocycles. The second kappa shape index (κ2) is 5.57. The van der Waals surface area contributed by atoms with E-state index in [-0.39, 0.29) is 27.9 Å². The molecule has 0 spiro atoms. The van der Waals surface area contributed by atoms with Crippen molar-refractivity contribution in [1.29, 1.82) is 0 Å². The standard InChI is InChI=1S/C15H9ClN2O4/c1-8-6-14(20)22-15-9(8)2-3-11(10(15)7-19)21-13-5-4-12(16)17-18-13/h2-7H,1H3. The molecule has 0 radical (unpaired) electrons. The van der Waals surface area contributed by atoms with Crippen LogP contribution in [0.15, 0.2) is 39.5 Å². The summed E-state index contributed by atoms with van der Waals surface area (Å²) >= 11 is 5.65. The highest BCUT2D eigenvalue weighted by molar-refractivity contribution is 6.29. The Bertz CT molecular complexity index is 919. The number of aryl methyl sites for hydroxylation is 1. The van der Waals surface area contributed by atoms with E-state index in [0.717, 1.165) is 0 Å². The third kappa shape index (κ3) is 2.56. The van der Waals surface area contributed by atoms with Crippen LogP contribution in [0.5, 0.6) is 11.6 Å². The van der Waals surface area contributed by atoms with Gasteiger partial charge in [-0.2, -0.15) is 0 Å². The first-order valence-corrected chi connectivity index (χ1v) is 6.66. The topological polar surface area (TPSA) is 82.3 Å². The number of rotatable bonds is 3. The molecule has 2 heterocycles. The van der Waals surface area contributed by atoms with Crippen LogP contribution in [0.25, 0.3) is 11.0 Å². The van der Waals surface area contributed by atoms with Gasteiger partial charge in [0.15, 0.2) is 17.0 Å². The number of hydrogen-bond donors (Lipinski definition) is 0. The molecular formula is C15H9ClN2O4. The van der Waals surface area contributed by atoms with Crippen molar-refractivity contribution < 1.29 is 13.9 Å². The van der Waals surface area contributed by atoms with Crippen LogP contribution >= 0.6 is 11.6 Å². The number of nitrogens with zero attached hydrogens (tertiary/aromatic N) is 2.